The Kier molecular flexibility index (Phi) is 6.11. The van der Waals surface area contributed by atoms with E-state index in [1.807, 2.05) is 39.1 Å². The molecule has 0 unspecified atom stereocenters. The van der Waals surface area contributed by atoms with E-state index in [1.54, 1.807) is 6.07 Å². The van der Waals surface area contributed by atoms with Gasteiger partial charge in [-0.2, -0.15) is 15.8 Å². The van der Waals surface area contributed by atoms with Gasteiger partial charge in [0.2, 0.25) is 0 Å². The molecule has 1 aliphatic carbocycles. The first kappa shape index (κ1) is 21.4. The predicted molar refractivity (Wildman–Crippen MR) is 111 cm³/mol. The third-order valence-corrected chi connectivity index (χ3v) is 5.90. The first-order valence-corrected chi connectivity index (χ1v) is 10.1. The molecule has 7 nitrogen and oxygen atoms in total. The van der Waals surface area contributed by atoms with Gasteiger partial charge in [0, 0.05) is 24.9 Å². The van der Waals surface area contributed by atoms with Crippen molar-refractivity contribution in [1.29, 1.82) is 21.2 Å². The Hall–Kier alpha value is -3.34. The average Bonchev–Trinajstić information content (AvgIpc) is 2.75. The molecule has 0 radical (unpaired) electrons. The summed E-state index contributed by atoms with van der Waals surface area (Å²) >= 11 is 0. The van der Waals surface area contributed by atoms with Crippen molar-refractivity contribution in [2.24, 2.45) is 17.3 Å². The second-order valence-corrected chi connectivity index (χ2v) is 7.59. The fraction of sp³-hybridized carbons (Fsp3) is 0.478. The van der Waals surface area contributed by atoms with Crippen LogP contribution >= 0.6 is 0 Å². The number of likely N-dealkylation sites (N-methyl/N-ethyl adjacent to an activating group) is 1. The van der Waals surface area contributed by atoms with Crippen molar-refractivity contribution in [3.8, 4) is 29.7 Å². The smallest absolute Gasteiger partial charge is 0.189 e. The molecule has 1 aromatic rings. The lowest BCUT2D eigenvalue weighted by Crippen LogP contribution is -2.52. The lowest BCUT2D eigenvalue weighted by atomic mass is 9.54. The number of rotatable bonds is 5. The Balaban J connectivity index is 2.23. The number of benzene rings is 1. The van der Waals surface area contributed by atoms with Crippen molar-refractivity contribution in [2.45, 2.75) is 19.8 Å². The van der Waals surface area contributed by atoms with Crippen LogP contribution in [0.25, 0.3) is 0 Å². The van der Waals surface area contributed by atoms with Crippen LogP contribution in [-0.4, -0.2) is 44.0 Å². The van der Waals surface area contributed by atoms with Gasteiger partial charge < -0.3 is 19.8 Å². The predicted octanol–water partition coefficient (Wildman–Crippen LogP) is 3.26. The molecule has 7 heteroatoms. The second kappa shape index (κ2) is 8.57. The SMILES string of the molecule is CCOc1ccc([C@H]2[C@H]3CN(C)CC=C3[C@@H](C#N)C(=N)C2(C#N)C#N)cc1OCC. The molecule has 1 saturated carbocycles. The van der Waals surface area contributed by atoms with Crippen LogP contribution in [0.2, 0.25) is 0 Å². The molecule has 0 saturated heterocycles. The van der Waals surface area contributed by atoms with Crippen molar-refractivity contribution in [1.82, 2.24) is 4.90 Å². The lowest BCUT2D eigenvalue weighted by Gasteiger charge is -2.47. The monoisotopic (exact) mass is 403 g/mol. The van der Waals surface area contributed by atoms with Crippen LogP contribution in [0.1, 0.15) is 25.3 Å². The zero-order chi connectivity index (χ0) is 21.9. The van der Waals surface area contributed by atoms with Crippen molar-refractivity contribution in [2.75, 3.05) is 33.4 Å². The van der Waals surface area contributed by atoms with Crippen LogP contribution in [0, 0.1) is 56.7 Å². The number of hydrogen-bond donors (Lipinski definition) is 1. The Morgan fingerprint density at radius 2 is 1.80 bits per heavy atom. The summed E-state index contributed by atoms with van der Waals surface area (Å²) in [6.07, 6.45) is 1.97. The van der Waals surface area contributed by atoms with Gasteiger partial charge in [-0.3, -0.25) is 0 Å². The fourth-order valence-electron chi connectivity index (χ4n) is 4.59. The molecule has 30 heavy (non-hydrogen) atoms. The summed E-state index contributed by atoms with van der Waals surface area (Å²) < 4.78 is 11.4. The highest BCUT2D eigenvalue weighted by Gasteiger charge is 2.57. The van der Waals surface area contributed by atoms with Crippen LogP contribution in [0.4, 0.5) is 0 Å². The number of nitrogens with one attached hydrogen (secondary N) is 1. The van der Waals surface area contributed by atoms with Crippen LogP contribution < -0.4 is 9.47 Å². The summed E-state index contributed by atoms with van der Waals surface area (Å²) in [5.41, 5.74) is -0.299. The molecular weight excluding hydrogens is 378 g/mol. The second-order valence-electron chi connectivity index (χ2n) is 7.59. The molecule has 0 bridgehead atoms. The summed E-state index contributed by atoms with van der Waals surface area (Å²) in [5.74, 6) is -0.527. The maximum absolute atomic E-state index is 10.1. The first-order chi connectivity index (χ1) is 14.5. The Bertz CT molecular complexity index is 980. The lowest BCUT2D eigenvalue weighted by molar-refractivity contribution is 0.234. The van der Waals surface area contributed by atoms with E-state index >= 15 is 0 Å². The quantitative estimate of drug-likeness (QED) is 0.754. The molecule has 0 spiro atoms. The van der Waals surface area contributed by atoms with Gasteiger partial charge in [-0.25, -0.2) is 0 Å². The van der Waals surface area contributed by atoms with Crippen LogP contribution in [0.3, 0.4) is 0 Å². The summed E-state index contributed by atoms with van der Waals surface area (Å²) in [5, 5.41) is 38.7. The van der Waals surface area contributed by atoms with Crippen molar-refractivity contribution in [3.05, 3.63) is 35.4 Å². The van der Waals surface area contributed by atoms with E-state index in [-0.39, 0.29) is 11.6 Å². The van der Waals surface area contributed by atoms with Crippen molar-refractivity contribution < 1.29 is 9.47 Å². The van der Waals surface area contributed by atoms with Gasteiger partial charge in [0.15, 0.2) is 16.9 Å². The van der Waals surface area contributed by atoms with E-state index in [0.717, 1.165) is 11.1 Å². The highest BCUT2D eigenvalue weighted by molar-refractivity contribution is 6.00. The van der Waals surface area contributed by atoms with E-state index in [4.69, 9.17) is 14.9 Å². The molecule has 154 valence electrons. The van der Waals surface area contributed by atoms with Gasteiger partial charge in [-0.15, -0.1) is 0 Å². The van der Waals surface area contributed by atoms with E-state index in [0.29, 0.717) is 37.8 Å². The minimum absolute atomic E-state index is 0.140. The molecule has 1 fully saturated rings. The molecular formula is C23H25N5O2. The fourth-order valence-corrected chi connectivity index (χ4v) is 4.59. The van der Waals surface area contributed by atoms with E-state index < -0.39 is 17.3 Å². The maximum atomic E-state index is 10.1. The van der Waals surface area contributed by atoms with Crippen molar-refractivity contribution >= 4 is 5.71 Å². The third-order valence-electron chi connectivity index (χ3n) is 5.90. The zero-order valence-electron chi connectivity index (χ0n) is 17.5. The normalized spacial score (nSPS) is 25.1. The van der Waals surface area contributed by atoms with Crippen molar-refractivity contribution in [3.63, 3.8) is 0 Å². The molecule has 0 amide bonds. The molecule has 1 heterocycles. The minimum Gasteiger partial charge on any atom is -0.490 e. The topological polar surface area (TPSA) is 117 Å². The highest BCUT2D eigenvalue weighted by atomic mass is 16.5. The van der Waals surface area contributed by atoms with Gasteiger partial charge in [-0.1, -0.05) is 12.1 Å². The van der Waals surface area contributed by atoms with Crippen LogP contribution in [0.15, 0.2) is 29.8 Å². The molecule has 1 N–H and O–H groups in total. The van der Waals surface area contributed by atoms with Gasteiger partial charge in [0.1, 0.15) is 5.92 Å². The first-order valence-electron chi connectivity index (χ1n) is 10.1. The minimum atomic E-state index is -1.73. The van der Waals surface area contributed by atoms with Gasteiger partial charge in [0.05, 0.1) is 37.1 Å². The maximum Gasteiger partial charge on any atom is 0.189 e. The van der Waals surface area contributed by atoms with E-state index in [9.17, 15) is 15.8 Å². The molecule has 0 aromatic heterocycles. The third kappa shape index (κ3) is 3.30. The molecule has 1 aliphatic heterocycles. The number of nitriles is 3. The van der Waals surface area contributed by atoms with Gasteiger partial charge >= 0.3 is 0 Å². The average molecular weight is 403 g/mol. The summed E-state index contributed by atoms with van der Waals surface area (Å²) in [7, 11) is 1.97. The number of nitrogens with zero attached hydrogens (tertiary/aromatic N) is 4. The summed E-state index contributed by atoms with van der Waals surface area (Å²) in [4.78, 5) is 2.10. The van der Waals surface area contributed by atoms with E-state index in [1.165, 1.54) is 0 Å². The standard InChI is InChI=1S/C23H25N5O2/c1-4-29-19-7-6-15(10-20(19)30-5-2)21-18-12-28(3)9-8-16(18)17(11-24)22(27)23(21,13-25)14-26/h6-8,10,17-18,21,27H,4-5,9,12H2,1-3H3/t17-,18+,21+/m1/s1. The number of fused-ring (bicyclic) bond motifs is 1. The van der Waals surface area contributed by atoms with Crippen LogP contribution in [0.5, 0.6) is 11.5 Å². The molecule has 3 atom stereocenters. The van der Waals surface area contributed by atoms with Gasteiger partial charge in [-0.05, 0) is 44.2 Å². The molecule has 3 rings (SSSR count). The van der Waals surface area contributed by atoms with E-state index in [2.05, 4.69) is 23.1 Å². The largest absolute Gasteiger partial charge is 0.490 e. The Morgan fingerprint density at radius 3 is 2.40 bits per heavy atom. The highest BCUT2D eigenvalue weighted by Crippen LogP contribution is 2.54. The summed E-state index contributed by atoms with van der Waals surface area (Å²) in [6, 6.07) is 11.8. The van der Waals surface area contributed by atoms with Crippen LogP contribution in [-0.2, 0) is 0 Å². The van der Waals surface area contributed by atoms with Gasteiger partial charge in [0.25, 0.3) is 0 Å². The number of hydrogen-bond acceptors (Lipinski definition) is 7. The molecule has 2 aliphatic rings. The summed E-state index contributed by atoms with van der Waals surface area (Å²) in [6.45, 7) is 5.97. The zero-order valence-corrected chi connectivity index (χ0v) is 17.5. The number of ether oxygens (including phenoxy) is 2. The Morgan fingerprint density at radius 1 is 1.13 bits per heavy atom. The molecule has 1 aromatic carbocycles. The Labute approximate surface area is 177 Å².